The lowest BCUT2D eigenvalue weighted by molar-refractivity contribution is -0.135. The number of aliphatic hydroxyl groups excluding tert-OH is 2. The Morgan fingerprint density at radius 3 is 2.75 bits per heavy atom. The topological polar surface area (TPSA) is 102 Å². The van der Waals surface area contributed by atoms with E-state index in [0.29, 0.717) is 12.4 Å². The zero-order valence-corrected chi connectivity index (χ0v) is 16.3. The minimum atomic E-state index is -0.918. The molecular formula is C21H26O7. The lowest BCUT2D eigenvalue weighted by Gasteiger charge is -2.22. The van der Waals surface area contributed by atoms with Crippen LogP contribution >= 0.6 is 0 Å². The summed E-state index contributed by atoms with van der Waals surface area (Å²) in [4.78, 5) is 23.9. The molecule has 1 aliphatic carbocycles. The van der Waals surface area contributed by atoms with Gasteiger partial charge in [-0.15, -0.1) is 0 Å². The summed E-state index contributed by atoms with van der Waals surface area (Å²) in [7, 11) is 1.46. The van der Waals surface area contributed by atoms with E-state index >= 15 is 0 Å². The quantitative estimate of drug-likeness (QED) is 0.289. The van der Waals surface area contributed by atoms with Crippen molar-refractivity contribution in [3.05, 3.63) is 41.3 Å². The van der Waals surface area contributed by atoms with E-state index < -0.39 is 24.1 Å². The summed E-state index contributed by atoms with van der Waals surface area (Å²) in [5, 5.41) is 19.6. The van der Waals surface area contributed by atoms with E-state index in [9.17, 15) is 19.8 Å². The molecule has 1 aromatic carbocycles. The molecule has 7 nitrogen and oxygen atoms in total. The van der Waals surface area contributed by atoms with Crippen molar-refractivity contribution in [1.82, 2.24) is 0 Å². The third kappa shape index (κ3) is 5.70. The fourth-order valence-corrected chi connectivity index (χ4v) is 3.03. The van der Waals surface area contributed by atoms with Gasteiger partial charge in [0.25, 0.3) is 0 Å². The summed E-state index contributed by atoms with van der Waals surface area (Å²) >= 11 is 0. The molecule has 2 N–H and O–H groups in total. The predicted molar refractivity (Wildman–Crippen MR) is 101 cm³/mol. The number of rotatable bonds is 9. The van der Waals surface area contributed by atoms with Crippen molar-refractivity contribution >= 4 is 11.8 Å². The molecule has 0 aliphatic heterocycles. The first kappa shape index (κ1) is 21.7. The molecule has 0 fully saturated rings. The molecule has 0 amide bonds. The largest absolute Gasteiger partial charge is 0.504 e. The summed E-state index contributed by atoms with van der Waals surface area (Å²) in [5.74, 6) is -0.871. The Morgan fingerprint density at radius 1 is 1.32 bits per heavy atom. The molecule has 3 atom stereocenters. The number of aliphatic hydroxyl groups is 2. The number of allylic oxidation sites excluding steroid dienone is 1. The van der Waals surface area contributed by atoms with Crippen molar-refractivity contribution in [1.29, 1.82) is 0 Å². The fraction of sp³-hybridized carbons (Fsp3) is 0.476. The van der Waals surface area contributed by atoms with Gasteiger partial charge in [0.05, 0.1) is 7.11 Å². The van der Waals surface area contributed by atoms with Gasteiger partial charge in [-0.1, -0.05) is 18.7 Å². The summed E-state index contributed by atoms with van der Waals surface area (Å²) < 4.78 is 15.7. The van der Waals surface area contributed by atoms with E-state index in [0.717, 1.165) is 5.56 Å². The molecule has 0 heterocycles. The Balaban J connectivity index is 1.97. The van der Waals surface area contributed by atoms with Crippen LogP contribution in [0.2, 0.25) is 0 Å². The molecule has 0 saturated carbocycles. The number of ketones is 1. The van der Waals surface area contributed by atoms with Crippen LogP contribution in [-0.2, 0) is 20.7 Å². The predicted octanol–water partition coefficient (Wildman–Crippen LogP) is 2.71. The highest BCUT2D eigenvalue weighted by Gasteiger charge is 2.29. The maximum absolute atomic E-state index is 12.2. The van der Waals surface area contributed by atoms with Crippen LogP contribution in [0.3, 0.4) is 0 Å². The molecule has 0 saturated heterocycles. The van der Waals surface area contributed by atoms with E-state index in [-0.39, 0.29) is 36.6 Å². The highest BCUT2D eigenvalue weighted by Crippen LogP contribution is 2.31. The Hall–Kier alpha value is -2.60. The van der Waals surface area contributed by atoms with E-state index in [1.807, 2.05) is 0 Å². The molecule has 0 aromatic heterocycles. The van der Waals surface area contributed by atoms with Crippen LogP contribution in [0.25, 0.3) is 0 Å². The van der Waals surface area contributed by atoms with Gasteiger partial charge in [-0.05, 0) is 31.0 Å². The smallest absolute Gasteiger partial charge is 0.311 e. The van der Waals surface area contributed by atoms with Crippen molar-refractivity contribution < 1.29 is 34.0 Å². The van der Waals surface area contributed by atoms with Gasteiger partial charge in [0.1, 0.15) is 5.76 Å². The second-order valence-electron chi connectivity index (χ2n) is 6.58. The second-order valence-corrected chi connectivity index (χ2v) is 6.58. The zero-order chi connectivity index (χ0) is 20.7. The number of benzene rings is 1. The first-order valence-corrected chi connectivity index (χ1v) is 9.22. The number of hydrogen-bond donors (Lipinski definition) is 2. The van der Waals surface area contributed by atoms with E-state index in [4.69, 9.17) is 14.2 Å². The first-order valence-electron chi connectivity index (χ1n) is 9.22. The summed E-state index contributed by atoms with van der Waals surface area (Å²) in [6, 6.07) is 4.98. The Labute approximate surface area is 164 Å². The fourth-order valence-electron chi connectivity index (χ4n) is 3.03. The number of methoxy groups -OCH3 is 1. The SMILES string of the molecule is CCOC(O)Cc1ccc(OC(=O)CCC2C(O)=C=CC(=O)C2C)c(OC)c1. The number of hydrogen-bond acceptors (Lipinski definition) is 7. The maximum atomic E-state index is 12.2. The highest BCUT2D eigenvalue weighted by molar-refractivity contribution is 5.92. The first-order chi connectivity index (χ1) is 13.3. The molecule has 1 aromatic rings. The van der Waals surface area contributed by atoms with Crippen LogP contribution in [-0.4, -0.2) is 42.0 Å². The normalized spacial score (nSPS) is 19.9. The van der Waals surface area contributed by atoms with E-state index in [1.165, 1.54) is 13.2 Å². The molecule has 2 rings (SSSR count). The van der Waals surface area contributed by atoms with E-state index in [1.54, 1.807) is 32.0 Å². The minimum absolute atomic E-state index is 0.0188. The summed E-state index contributed by atoms with van der Waals surface area (Å²) in [5.41, 5.74) is 3.30. The number of esters is 1. The Bertz CT molecular complexity index is 777. The second kappa shape index (κ2) is 10.1. The van der Waals surface area contributed by atoms with Gasteiger partial charge in [0.2, 0.25) is 0 Å². The van der Waals surface area contributed by atoms with Crippen molar-refractivity contribution in [2.75, 3.05) is 13.7 Å². The summed E-state index contributed by atoms with van der Waals surface area (Å²) in [6.45, 7) is 3.91. The molecule has 28 heavy (non-hydrogen) atoms. The van der Waals surface area contributed by atoms with Crippen molar-refractivity contribution in [3.8, 4) is 11.5 Å². The van der Waals surface area contributed by atoms with Crippen LogP contribution in [0.4, 0.5) is 0 Å². The molecule has 152 valence electrons. The van der Waals surface area contributed by atoms with Crippen LogP contribution in [0.5, 0.6) is 11.5 Å². The Morgan fingerprint density at radius 2 is 2.07 bits per heavy atom. The van der Waals surface area contributed by atoms with Gasteiger partial charge in [0, 0.05) is 37.4 Å². The molecule has 0 bridgehead atoms. The molecule has 3 unspecified atom stereocenters. The van der Waals surface area contributed by atoms with Gasteiger partial charge in [-0.3, -0.25) is 9.59 Å². The van der Waals surface area contributed by atoms with Gasteiger partial charge >= 0.3 is 5.97 Å². The van der Waals surface area contributed by atoms with Crippen LogP contribution in [0, 0.1) is 11.8 Å². The average Bonchev–Trinajstić information content (AvgIpc) is 2.66. The van der Waals surface area contributed by atoms with Crippen molar-refractivity contribution in [2.45, 2.75) is 39.4 Å². The standard InChI is InChI=1S/C21H26O7/c1-4-27-21(25)12-14-5-9-18(19(11-14)26-3)28-20(24)10-6-15-13(2)16(22)7-8-17(15)23/h5,7,9,11,13,15,21,23,25H,4,6,10,12H2,1-3H3. The van der Waals surface area contributed by atoms with Gasteiger partial charge in [-0.25, -0.2) is 0 Å². The lowest BCUT2D eigenvalue weighted by atomic mass is 9.83. The maximum Gasteiger partial charge on any atom is 0.311 e. The van der Waals surface area contributed by atoms with E-state index in [2.05, 4.69) is 5.73 Å². The number of carbonyl (C=O) groups excluding carboxylic acids is 2. The van der Waals surface area contributed by atoms with Gasteiger partial charge in [-0.2, -0.15) is 0 Å². The molecule has 0 radical (unpaired) electrons. The van der Waals surface area contributed by atoms with Crippen LogP contribution in [0.15, 0.2) is 35.8 Å². The molecule has 7 heteroatoms. The van der Waals surface area contributed by atoms with Crippen LogP contribution in [0.1, 0.15) is 32.3 Å². The Kier molecular flexibility index (Phi) is 7.81. The zero-order valence-electron chi connectivity index (χ0n) is 16.3. The van der Waals surface area contributed by atoms with Gasteiger partial charge in [0.15, 0.2) is 23.6 Å². The van der Waals surface area contributed by atoms with Crippen molar-refractivity contribution in [2.24, 2.45) is 11.8 Å². The third-order valence-electron chi connectivity index (χ3n) is 4.65. The van der Waals surface area contributed by atoms with Crippen molar-refractivity contribution in [3.63, 3.8) is 0 Å². The number of ether oxygens (including phenoxy) is 3. The van der Waals surface area contributed by atoms with Crippen LogP contribution < -0.4 is 9.47 Å². The minimum Gasteiger partial charge on any atom is -0.504 e. The number of carbonyl (C=O) groups is 2. The monoisotopic (exact) mass is 390 g/mol. The third-order valence-corrected chi connectivity index (χ3v) is 4.65. The lowest BCUT2D eigenvalue weighted by Crippen LogP contribution is -2.25. The highest BCUT2D eigenvalue weighted by atomic mass is 16.6. The average molecular weight is 390 g/mol. The van der Waals surface area contributed by atoms with Gasteiger partial charge < -0.3 is 24.4 Å². The molecule has 0 spiro atoms. The molecular weight excluding hydrogens is 364 g/mol. The molecule has 1 aliphatic rings. The summed E-state index contributed by atoms with van der Waals surface area (Å²) in [6.07, 6.45) is 0.897.